The molecule has 0 unspecified atom stereocenters. The third-order valence-electron chi connectivity index (χ3n) is 5.88. The Morgan fingerprint density at radius 3 is 2.81 bits per heavy atom. The average molecular weight is 423 g/mol. The molecule has 1 aromatic heterocycles. The van der Waals surface area contributed by atoms with Crippen molar-refractivity contribution in [2.75, 3.05) is 0 Å². The highest BCUT2D eigenvalue weighted by Gasteiger charge is 2.24. The Kier molecular flexibility index (Phi) is 4.31. The van der Waals surface area contributed by atoms with E-state index >= 15 is 0 Å². The first-order valence-electron chi connectivity index (χ1n) is 9.87. The van der Waals surface area contributed by atoms with Gasteiger partial charge in [-0.3, -0.25) is 4.68 Å². The van der Waals surface area contributed by atoms with Crippen molar-refractivity contribution in [3.8, 4) is 5.75 Å². The Morgan fingerprint density at radius 1 is 1.19 bits per heavy atom. The number of aromatic nitrogens is 2. The summed E-state index contributed by atoms with van der Waals surface area (Å²) >= 11 is 3.84. The zero-order valence-electron chi connectivity index (χ0n) is 15.5. The number of hydrogen-bond donors (Lipinski definition) is 0. The van der Waals surface area contributed by atoms with Crippen molar-refractivity contribution in [3.63, 3.8) is 0 Å². The second-order valence-corrected chi connectivity index (χ2v) is 8.47. The van der Waals surface area contributed by atoms with Gasteiger partial charge in [0.25, 0.3) is 0 Å². The molecule has 0 saturated heterocycles. The molecule has 27 heavy (non-hydrogen) atoms. The lowest BCUT2D eigenvalue weighted by Gasteiger charge is -2.15. The molecule has 0 radical (unpaired) electrons. The van der Waals surface area contributed by atoms with Gasteiger partial charge in [-0.25, -0.2) is 0 Å². The van der Waals surface area contributed by atoms with Crippen LogP contribution >= 0.6 is 15.9 Å². The lowest BCUT2D eigenvalue weighted by Crippen LogP contribution is -2.06. The minimum atomic E-state index is 0.543. The first-order chi connectivity index (χ1) is 13.3. The van der Waals surface area contributed by atoms with Gasteiger partial charge in [-0.1, -0.05) is 53.9 Å². The zero-order valence-corrected chi connectivity index (χ0v) is 17.1. The number of fused-ring (bicyclic) bond motifs is 3. The molecule has 1 aliphatic heterocycles. The summed E-state index contributed by atoms with van der Waals surface area (Å²) in [5.74, 6) is 0.954. The Hall–Kier alpha value is -2.07. The summed E-state index contributed by atoms with van der Waals surface area (Å²) in [4.78, 5) is 0. The molecule has 2 heterocycles. The summed E-state index contributed by atoms with van der Waals surface area (Å²) in [5, 5.41) is 5.97. The van der Waals surface area contributed by atoms with E-state index in [9.17, 15) is 0 Å². The summed E-state index contributed by atoms with van der Waals surface area (Å²) in [7, 11) is 0. The van der Waals surface area contributed by atoms with E-state index in [1.54, 1.807) is 0 Å². The van der Waals surface area contributed by atoms with Crippen LogP contribution in [0.15, 0.2) is 47.1 Å². The van der Waals surface area contributed by atoms with Crippen LogP contribution < -0.4 is 4.74 Å². The standard InChI is InChI=1S/C23H23BrN2O/c1-2-20(24)23-18-9-5-6-10-22(18)27-14-16-12-21-15(11-19(16)23)13-25-26(21)17-7-3-4-8-17/h5-6,9-13,17H,2-4,7-8,14H2,1H3/b23-20-. The Bertz CT molecular complexity index is 1040. The maximum atomic E-state index is 6.21. The molecule has 1 saturated carbocycles. The SMILES string of the molecule is CC/C(Br)=C1/c2cc3cnn(C4CCCC4)c3cc2COc2ccccc21. The van der Waals surface area contributed by atoms with Crippen molar-refractivity contribution in [1.82, 2.24) is 9.78 Å². The Morgan fingerprint density at radius 2 is 2.00 bits per heavy atom. The number of rotatable bonds is 2. The van der Waals surface area contributed by atoms with E-state index < -0.39 is 0 Å². The average Bonchev–Trinajstić information content (AvgIpc) is 3.33. The van der Waals surface area contributed by atoms with Crippen LogP contribution in [-0.2, 0) is 6.61 Å². The number of hydrogen-bond acceptors (Lipinski definition) is 2. The molecule has 0 N–H and O–H groups in total. The van der Waals surface area contributed by atoms with Crippen molar-refractivity contribution >= 4 is 32.4 Å². The summed E-state index contributed by atoms with van der Waals surface area (Å²) in [6, 6.07) is 13.5. The van der Waals surface area contributed by atoms with Crippen molar-refractivity contribution in [2.24, 2.45) is 0 Å². The van der Waals surface area contributed by atoms with Crippen LogP contribution in [0.3, 0.4) is 0 Å². The molecule has 1 aliphatic carbocycles. The topological polar surface area (TPSA) is 27.1 Å². The monoisotopic (exact) mass is 422 g/mol. The maximum Gasteiger partial charge on any atom is 0.127 e. The minimum Gasteiger partial charge on any atom is -0.488 e. The van der Waals surface area contributed by atoms with E-state index in [2.05, 4.69) is 57.9 Å². The number of ether oxygens (including phenoxy) is 1. The Labute approximate surface area is 168 Å². The molecule has 1 fully saturated rings. The molecular weight excluding hydrogens is 400 g/mol. The van der Waals surface area contributed by atoms with Crippen molar-refractivity contribution < 1.29 is 4.74 Å². The third-order valence-corrected chi connectivity index (χ3v) is 6.84. The van der Waals surface area contributed by atoms with Gasteiger partial charge < -0.3 is 4.74 Å². The largest absolute Gasteiger partial charge is 0.488 e. The number of allylic oxidation sites excluding steroid dienone is 1. The molecule has 2 aliphatic rings. The van der Waals surface area contributed by atoms with Gasteiger partial charge in [0.2, 0.25) is 0 Å². The lowest BCUT2D eigenvalue weighted by molar-refractivity contribution is 0.307. The third kappa shape index (κ3) is 2.82. The van der Waals surface area contributed by atoms with Crippen LogP contribution in [0.25, 0.3) is 16.5 Å². The number of nitrogens with zero attached hydrogens (tertiary/aromatic N) is 2. The van der Waals surface area contributed by atoms with Crippen molar-refractivity contribution in [3.05, 3.63) is 63.8 Å². The molecule has 0 amide bonds. The molecule has 3 aromatic rings. The second-order valence-electron chi connectivity index (χ2n) is 7.51. The predicted molar refractivity (Wildman–Crippen MR) is 113 cm³/mol. The molecular formula is C23H23BrN2O. The van der Waals surface area contributed by atoms with E-state index in [1.807, 2.05) is 12.3 Å². The summed E-state index contributed by atoms with van der Waals surface area (Å²) in [5.41, 5.74) is 6.14. The number of para-hydroxylation sites is 1. The summed E-state index contributed by atoms with van der Waals surface area (Å²) < 4.78 is 9.67. The number of benzene rings is 2. The molecule has 0 bridgehead atoms. The fourth-order valence-electron chi connectivity index (χ4n) is 4.50. The first kappa shape index (κ1) is 17.1. The molecule has 0 atom stereocenters. The smallest absolute Gasteiger partial charge is 0.127 e. The minimum absolute atomic E-state index is 0.543. The maximum absolute atomic E-state index is 6.21. The molecule has 0 spiro atoms. The van der Waals surface area contributed by atoms with Gasteiger partial charge in [0, 0.05) is 21.0 Å². The van der Waals surface area contributed by atoms with Crippen LogP contribution in [-0.4, -0.2) is 9.78 Å². The van der Waals surface area contributed by atoms with Gasteiger partial charge >= 0.3 is 0 Å². The highest BCUT2D eigenvalue weighted by Crippen LogP contribution is 2.42. The molecule has 4 heteroatoms. The van der Waals surface area contributed by atoms with Gasteiger partial charge in [-0.2, -0.15) is 5.10 Å². The molecule has 138 valence electrons. The molecule has 3 nitrogen and oxygen atoms in total. The quantitative estimate of drug-likeness (QED) is 0.464. The van der Waals surface area contributed by atoms with Crippen molar-refractivity contribution in [1.29, 1.82) is 0 Å². The normalized spacial score (nSPS) is 18.7. The van der Waals surface area contributed by atoms with E-state index in [0.717, 1.165) is 17.7 Å². The predicted octanol–water partition coefficient (Wildman–Crippen LogP) is 6.61. The first-order valence-corrected chi connectivity index (χ1v) is 10.7. The van der Waals surface area contributed by atoms with Crippen LogP contribution in [0.2, 0.25) is 0 Å². The van der Waals surface area contributed by atoms with Gasteiger partial charge in [0.05, 0.1) is 17.8 Å². The van der Waals surface area contributed by atoms with Gasteiger partial charge in [0.1, 0.15) is 12.4 Å². The van der Waals surface area contributed by atoms with E-state index in [4.69, 9.17) is 9.84 Å². The molecule has 5 rings (SSSR count). The fraction of sp³-hybridized carbons (Fsp3) is 0.348. The van der Waals surface area contributed by atoms with Gasteiger partial charge in [0.15, 0.2) is 0 Å². The summed E-state index contributed by atoms with van der Waals surface area (Å²) in [6.45, 7) is 2.77. The van der Waals surface area contributed by atoms with E-state index in [1.165, 1.54) is 57.8 Å². The second kappa shape index (κ2) is 6.83. The van der Waals surface area contributed by atoms with Gasteiger partial charge in [-0.15, -0.1) is 0 Å². The van der Waals surface area contributed by atoms with Crippen LogP contribution in [0.4, 0.5) is 0 Å². The van der Waals surface area contributed by atoms with Crippen LogP contribution in [0, 0.1) is 0 Å². The zero-order chi connectivity index (χ0) is 18.4. The van der Waals surface area contributed by atoms with Gasteiger partial charge in [-0.05, 0) is 48.6 Å². The lowest BCUT2D eigenvalue weighted by atomic mass is 9.92. The van der Waals surface area contributed by atoms with Crippen molar-refractivity contribution in [2.45, 2.75) is 51.7 Å². The Balaban J connectivity index is 1.73. The van der Waals surface area contributed by atoms with Crippen LogP contribution in [0.5, 0.6) is 5.75 Å². The van der Waals surface area contributed by atoms with E-state index in [-0.39, 0.29) is 0 Å². The van der Waals surface area contributed by atoms with E-state index in [0.29, 0.717) is 12.6 Å². The van der Waals surface area contributed by atoms with Crippen LogP contribution in [0.1, 0.15) is 61.8 Å². The summed E-state index contributed by atoms with van der Waals surface area (Å²) in [6.07, 6.45) is 8.08. The molecule has 2 aromatic carbocycles. The number of halogens is 1. The highest BCUT2D eigenvalue weighted by atomic mass is 79.9. The highest BCUT2D eigenvalue weighted by molar-refractivity contribution is 9.11. The fourth-order valence-corrected chi connectivity index (χ4v) is 4.92.